The van der Waals surface area contributed by atoms with Crippen molar-refractivity contribution in [3.05, 3.63) is 132 Å². The minimum atomic E-state index is -0.889. The van der Waals surface area contributed by atoms with Crippen LogP contribution in [0, 0.1) is 5.82 Å². The van der Waals surface area contributed by atoms with Gasteiger partial charge >= 0.3 is 11.9 Å². The molecule has 0 aliphatic carbocycles. The van der Waals surface area contributed by atoms with E-state index in [1.54, 1.807) is 49.4 Å². The number of hydrogen-bond acceptors (Lipinski definition) is 7. The van der Waals surface area contributed by atoms with Crippen LogP contribution >= 0.6 is 11.3 Å². The smallest absolute Gasteiger partial charge is 0.338 e. The van der Waals surface area contributed by atoms with Gasteiger partial charge in [0.2, 0.25) is 0 Å². The van der Waals surface area contributed by atoms with E-state index in [2.05, 4.69) is 0 Å². The summed E-state index contributed by atoms with van der Waals surface area (Å²) in [6.07, 6.45) is 1.70. The van der Waals surface area contributed by atoms with Crippen molar-refractivity contribution in [2.45, 2.75) is 13.0 Å². The SMILES string of the molecule is CCOC(=O)C1=C(c2ccccc2)N=c2s/c(=C/c3ccc(C(=O)OC)cc3)c(=O)n2C1c1ccc(F)cc1. The van der Waals surface area contributed by atoms with Crippen molar-refractivity contribution in [1.82, 2.24) is 4.57 Å². The monoisotopic (exact) mass is 542 g/mol. The average molecular weight is 543 g/mol. The van der Waals surface area contributed by atoms with Gasteiger partial charge in [0.25, 0.3) is 5.56 Å². The van der Waals surface area contributed by atoms with Gasteiger partial charge in [-0.1, -0.05) is 65.9 Å². The lowest BCUT2D eigenvalue weighted by molar-refractivity contribution is -0.138. The van der Waals surface area contributed by atoms with Crippen LogP contribution in [0.25, 0.3) is 11.8 Å². The zero-order chi connectivity index (χ0) is 27.5. The number of esters is 2. The van der Waals surface area contributed by atoms with E-state index in [9.17, 15) is 18.8 Å². The molecule has 3 aromatic carbocycles. The molecule has 7 nitrogen and oxygen atoms in total. The lowest BCUT2D eigenvalue weighted by Gasteiger charge is -2.25. The number of benzene rings is 3. The molecule has 2 heterocycles. The molecule has 0 saturated heterocycles. The number of halogens is 1. The van der Waals surface area contributed by atoms with Crippen molar-refractivity contribution in [2.75, 3.05) is 13.7 Å². The maximum absolute atomic E-state index is 13.9. The molecule has 0 N–H and O–H groups in total. The summed E-state index contributed by atoms with van der Waals surface area (Å²) < 4.78 is 25.9. The Hall–Kier alpha value is -4.63. The number of carbonyl (C=O) groups excluding carboxylic acids is 2. The zero-order valence-electron chi connectivity index (χ0n) is 21.1. The van der Waals surface area contributed by atoms with Crippen molar-refractivity contribution in [1.29, 1.82) is 0 Å². The number of ether oxygens (including phenoxy) is 2. The van der Waals surface area contributed by atoms with Gasteiger partial charge in [0, 0.05) is 5.56 Å². The molecule has 0 spiro atoms. The molecule has 0 fully saturated rings. The topological polar surface area (TPSA) is 87.0 Å². The number of rotatable bonds is 6. The molecule has 1 unspecified atom stereocenters. The molecule has 1 aliphatic heterocycles. The van der Waals surface area contributed by atoms with Crippen LogP contribution in [-0.2, 0) is 14.3 Å². The van der Waals surface area contributed by atoms with Crippen LogP contribution in [0.3, 0.4) is 0 Å². The van der Waals surface area contributed by atoms with Crippen molar-refractivity contribution in [3.8, 4) is 0 Å². The van der Waals surface area contributed by atoms with E-state index < -0.39 is 23.8 Å². The Morgan fingerprint density at radius 2 is 1.69 bits per heavy atom. The number of aromatic nitrogens is 1. The second-order valence-electron chi connectivity index (χ2n) is 8.60. The minimum absolute atomic E-state index is 0.131. The molecule has 196 valence electrons. The number of methoxy groups -OCH3 is 1. The fraction of sp³-hybridized carbons (Fsp3) is 0.133. The lowest BCUT2D eigenvalue weighted by Crippen LogP contribution is -2.40. The van der Waals surface area contributed by atoms with E-state index in [0.717, 1.165) is 0 Å². The highest BCUT2D eigenvalue weighted by atomic mass is 32.1. The van der Waals surface area contributed by atoms with Crippen LogP contribution in [0.2, 0.25) is 0 Å². The fourth-order valence-electron chi connectivity index (χ4n) is 4.39. The Morgan fingerprint density at radius 1 is 1.00 bits per heavy atom. The second kappa shape index (κ2) is 11.0. The van der Waals surface area contributed by atoms with Gasteiger partial charge in [-0.05, 0) is 48.4 Å². The zero-order valence-corrected chi connectivity index (χ0v) is 21.9. The third-order valence-corrected chi connectivity index (χ3v) is 7.17. The van der Waals surface area contributed by atoms with Gasteiger partial charge in [0.1, 0.15) is 5.82 Å². The van der Waals surface area contributed by atoms with Crippen molar-refractivity contribution < 1.29 is 23.5 Å². The second-order valence-corrected chi connectivity index (χ2v) is 9.61. The molecule has 0 amide bonds. The Bertz CT molecular complexity index is 1760. The first-order valence-electron chi connectivity index (χ1n) is 12.1. The van der Waals surface area contributed by atoms with Gasteiger partial charge in [-0.25, -0.2) is 19.0 Å². The number of thiazole rings is 1. The molecular weight excluding hydrogens is 519 g/mol. The molecule has 39 heavy (non-hydrogen) atoms. The van der Waals surface area contributed by atoms with Gasteiger partial charge in [0.05, 0.1) is 41.1 Å². The first-order valence-corrected chi connectivity index (χ1v) is 12.9. The van der Waals surface area contributed by atoms with Gasteiger partial charge < -0.3 is 9.47 Å². The Kier molecular flexibility index (Phi) is 7.33. The summed E-state index contributed by atoms with van der Waals surface area (Å²) in [5.41, 5.74) is 2.52. The van der Waals surface area contributed by atoms with Crippen molar-refractivity contribution in [3.63, 3.8) is 0 Å². The molecule has 9 heteroatoms. The van der Waals surface area contributed by atoms with Gasteiger partial charge in [-0.2, -0.15) is 0 Å². The first kappa shape index (κ1) is 26.0. The highest BCUT2D eigenvalue weighted by Crippen LogP contribution is 2.35. The fourth-order valence-corrected chi connectivity index (χ4v) is 5.39. The Balaban J connectivity index is 1.76. The molecule has 0 radical (unpaired) electrons. The summed E-state index contributed by atoms with van der Waals surface area (Å²) in [5, 5.41) is 0. The van der Waals surface area contributed by atoms with E-state index in [0.29, 0.717) is 37.3 Å². The van der Waals surface area contributed by atoms with Gasteiger partial charge in [0.15, 0.2) is 4.80 Å². The predicted octanol–water partition coefficient (Wildman–Crippen LogP) is 3.86. The van der Waals surface area contributed by atoms with Crippen molar-refractivity contribution in [2.24, 2.45) is 4.99 Å². The molecular formula is C30H23FN2O5S. The average Bonchev–Trinajstić information content (AvgIpc) is 3.27. The quantitative estimate of drug-likeness (QED) is 0.346. The van der Waals surface area contributed by atoms with Crippen LogP contribution in [0.15, 0.2) is 94.2 Å². The van der Waals surface area contributed by atoms with Gasteiger partial charge in [-0.3, -0.25) is 9.36 Å². The van der Waals surface area contributed by atoms with E-state index >= 15 is 0 Å². The summed E-state index contributed by atoms with van der Waals surface area (Å²) in [6.45, 7) is 1.83. The van der Waals surface area contributed by atoms with E-state index in [1.807, 2.05) is 30.3 Å². The molecule has 1 aromatic heterocycles. The summed E-state index contributed by atoms with van der Waals surface area (Å²) in [4.78, 5) is 44.1. The summed E-state index contributed by atoms with van der Waals surface area (Å²) in [5.74, 6) is -1.51. The highest BCUT2D eigenvalue weighted by molar-refractivity contribution is 7.07. The molecule has 0 bridgehead atoms. The first-order chi connectivity index (χ1) is 18.9. The Labute approximate surface area is 226 Å². The molecule has 1 atom stereocenters. The van der Waals surface area contributed by atoms with Crippen LogP contribution in [-0.4, -0.2) is 30.2 Å². The van der Waals surface area contributed by atoms with Crippen LogP contribution in [0.4, 0.5) is 4.39 Å². The summed E-state index contributed by atoms with van der Waals surface area (Å²) in [6, 6.07) is 20.6. The highest BCUT2D eigenvalue weighted by Gasteiger charge is 2.35. The normalized spacial score (nSPS) is 14.9. The third-order valence-electron chi connectivity index (χ3n) is 6.19. The number of nitrogens with zero attached hydrogens (tertiary/aromatic N) is 2. The Morgan fingerprint density at radius 3 is 2.33 bits per heavy atom. The summed E-state index contributed by atoms with van der Waals surface area (Å²) >= 11 is 1.18. The number of fused-ring (bicyclic) bond motifs is 1. The summed E-state index contributed by atoms with van der Waals surface area (Å²) in [7, 11) is 1.31. The van der Waals surface area contributed by atoms with Crippen LogP contribution in [0.5, 0.6) is 0 Å². The molecule has 5 rings (SSSR count). The lowest BCUT2D eigenvalue weighted by atomic mass is 9.93. The molecule has 1 aliphatic rings. The van der Waals surface area contributed by atoms with E-state index in [4.69, 9.17) is 14.5 Å². The predicted molar refractivity (Wildman–Crippen MR) is 145 cm³/mol. The van der Waals surface area contributed by atoms with Crippen LogP contribution < -0.4 is 14.9 Å². The van der Waals surface area contributed by atoms with Crippen molar-refractivity contribution >= 4 is 35.0 Å². The maximum Gasteiger partial charge on any atom is 0.338 e. The van der Waals surface area contributed by atoms with Crippen LogP contribution in [0.1, 0.15) is 40.0 Å². The maximum atomic E-state index is 13.9. The molecule has 0 saturated carbocycles. The van der Waals surface area contributed by atoms with Gasteiger partial charge in [-0.15, -0.1) is 0 Å². The van der Waals surface area contributed by atoms with E-state index in [-0.39, 0.29) is 17.7 Å². The number of carbonyl (C=O) groups is 2. The largest absolute Gasteiger partial charge is 0.465 e. The third kappa shape index (κ3) is 5.08. The minimum Gasteiger partial charge on any atom is -0.465 e. The van der Waals surface area contributed by atoms with E-state index in [1.165, 1.54) is 35.1 Å². The standard InChI is InChI=1S/C30H23FN2O5S/c1-3-38-29(36)24-25(19-7-5-4-6-8-19)32-30-33(26(24)20-13-15-22(31)16-14-20)27(34)23(39-30)17-18-9-11-21(12-10-18)28(35)37-2/h4-17,26H,3H2,1-2H3/b23-17+. The molecule has 4 aromatic rings. The number of hydrogen-bond donors (Lipinski definition) is 0.